The number of carbonyl (C=O) groups is 2. The SMILES string of the molecule is CCS[C@@H]1[C@@H]([C@@H](C)O[Si](C)(C)C(C)(C)C)C(=O)N1CC(=O)O. The largest absolute Gasteiger partial charge is 0.480 e. The monoisotopic (exact) mass is 347 g/mol. The van der Waals surface area contributed by atoms with Crippen LogP contribution in [0.15, 0.2) is 0 Å². The Morgan fingerprint density at radius 3 is 2.41 bits per heavy atom. The van der Waals surface area contributed by atoms with Crippen LogP contribution in [-0.2, 0) is 14.0 Å². The van der Waals surface area contributed by atoms with E-state index in [9.17, 15) is 9.59 Å². The van der Waals surface area contributed by atoms with Crippen LogP contribution in [0, 0.1) is 5.92 Å². The first kappa shape index (κ1) is 19.5. The molecule has 1 heterocycles. The molecule has 0 aromatic carbocycles. The Hall–Kier alpha value is -0.533. The van der Waals surface area contributed by atoms with Crippen LogP contribution < -0.4 is 0 Å². The minimum atomic E-state index is -1.95. The van der Waals surface area contributed by atoms with Crippen LogP contribution in [0.5, 0.6) is 0 Å². The lowest BCUT2D eigenvalue weighted by Crippen LogP contribution is -2.65. The second-order valence-electron chi connectivity index (χ2n) is 7.31. The van der Waals surface area contributed by atoms with E-state index >= 15 is 0 Å². The van der Waals surface area contributed by atoms with Crippen LogP contribution in [0.1, 0.15) is 34.6 Å². The summed E-state index contributed by atoms with van der Waals surface area (Å²) in [4.78, 5) is 24.7. The molecule has 0 bridgehead atoms. The molecule has 1 aliphatic heterocycles. The number of rotatable bonds is 7. The molecule has 0 unspecified atom stereocenters. The first-order valence-corrected chi connectivity index (χ1v) is 11.7. The van der Waals surface area contributed by atoms with E-state index in [1.165, 1.54) is 4.90 Å². The average Bonchev–Trinajstić information content (AvgIpc) is 2.33. The molecule has 128 valence electrons. The quantitative estimate of drug-likeness (QED) is 0.566. The van der Waals surface area contributed by atoms with Crippen molar-refractivity contribution >= 4 is 32.0 Å². The molecule has 0 aromatic heterocycles. The Labute approximate surface area is 138 Å². The lowest BCUT2D eigenvalue weighted by Gasteiger charge is -2.50. The van der Waals surface area contributed by atoms with E-state index in [-0.39, 0.29) is 34.9 Å². The van der Waals surface area contributed by atoms with Gasteiger partial charge >= 0.3 is 5.97 Å². The molecule has 7 heteroatoms. The van der Waals surface area contributed by atoms with Crippen molar-refractivity contribution in [2.75, 3.05) is 12.3 Å². The zero-order valence-electron chi connectivity index (χ0n) is 14.7. The highest BCUT2D eigenvalue weighted by molar-refractivity contribution is 7.99. The van der Waals surface area contributed by atoms with Gasteiger partial charge in [-0.25, -0.2) is 0 Å². The molecule has 0 aromatic rings. The van der Waals surface area contributed by atoms with Crippen molar-refractivity contribution in [2.45, 2.75) is 64.2 Å². The van der Waals surface area contributed by atoms with Crippen LogP contribution in [0.2, 0.25) is 18.1 Å². The Morgan fingerprint density at radius 2 is 2.00 bits per heavy atom. The van der Waals surface area contributed by atoms with Crippen molar-refractivity contribution in [3.63, 3.8) is 0 Å². The molecule has 1 fully saturated rings. The van der Waals surface area contributed by atoms with Gasteiger partial charge in [0.1, 0.15) is 6.54 Å². The number of carboxylic acids is 1. The average molecular weight is 348 g/mol. The van der Waals surface area contributed by atoms with Crippen molar-refractivity contribution < 1.29 is 19.1 Å². The highest BCUT2D eigenvalue weighted by atomic mass is 32.2. The molecule has 0 spiro atoms. The number of carboxylic acid groups (broad SMARTS) is 1. The summed E-state index contributed by atoms with van der Waals surface area (Å²) in [6, 6.07) is 0. The van der Waals surface area contributed by atoms with E-state index in [0.717, 1.165) is 5.75 Å². The van der Waals surface area contributed by atoms with Crippen LogP contribution in [-0.4, -0.2) is 54.0 Å². The Balaban J connectivity index is 2.82. The molecule has 1 rings (SSSR count). The fraction of sp³-hybridized carbons (Fsp3) is 0.867. The molecule has 1 aliphatic rings. The van der Waals surface area contributed by atoms with E-state index in [4.69, 9.17) is 9.53 Å². The Bertz CT molecular complexity index is 436. The van der Waals surface area contributed by atoms with Gasteiger partial charge in [-0.1, -0.05) is 27.7 Å². The number of thioether (sulfide) groups is 1. The molecule has 0 saturated carbocycles. The molecule has 1 N–H and O–H groups in total. The van der Waals surface area contributed by atoms with Gasteiger partial charge < -0.3 is 14.4 Å². The van der Waals surface area contributed by atoms with Crippen LogP contribution in [0.3, 0.4) is 0 Å². The highest BCUT2D eigenvalue weighted by Crippen LogP contribution is 2.42. The number of nitrogens with zero attached hydrogens (tertiary/aromatic N) is 1. The maximum atomic E-state index is 12.3. The molecule has 0 radical (unpaired) electrons. The van der Waals surface area contributed by atoms with E-state index in [2.05, 4.69) is 33.9 Å². The van der Waals surface area contributed by atoms with Gasteiger partial charge in [-0.15, -0.1) is 11.8 Å². The molecular formula is C15H29NO4SSi. The summed E-state index contributed by atoms with van der Waals surface area (Å²) < 4.78 is 6.34. The third-order valence-electron chi connectivity index (χ3n) is 4.62. The number of amides is 1. The highest BCUT2D eigenvalue weighted by Gasteiger charge is 2.52. The Morgan fingerprint density at radius 1 is 1.45 bits per heavy atom. The number of hydrogen-bond donors (Lipinski definition) is 1. The van der Waals surface area contributed by atoms with Crippen molar-refractivity contribution in [2.24, 2.45) is 5.92 Å². The standard InChI is InChI=1S/C15H29NO4SSi/c1-8-21-14-12(13(19)16(14)9-11(17)18)10(2)20-22(6,7)15(3,4)5/h10,12,14H,8-9H2,1-7H3,(H,17,18)/t10-,12+,14-/m1/s1. The summed E-state index contributed by atoms with van der Waals surface area (Å²) in [5.74, 6) is -0.457. The summed E-state index contributed by atoms with van der Waals surface area (Å²) in [6.45, 7) is 14.6. The summed E-state index contributed by atoms with van der Waals surface area (Å²) in [5, 5.41) is 8.94. The van der Waals surface area contributed by atoms with Gasteiger partial charge in [0, 0.05) is 0 Å². The summed E-state index contributed by atoms with van der Waals surface area (Å²) in [5.41, 5.74) is 0. The van der Waals surface area contributed by atoms with Crippen molar-refractivity contribution in [1.29, 1.82) is 0 Å². The fourth-order valence-electron chi connectivity index (χ4n) is 2.38. The second kappa shape index (κ2) is 6.92. The van der Waals surface area contributed by atoms with Gasteiger partial charge in [-0.3, -0.25) is 9.59 Å². The number of aliphatic carboxylic acids is 1. The van der Waals surface area contributed by atoms with Crippen molar-refractivity contribution in [3.8, 4) is 0 Å². The normalized spacial score (nSPS) is 24.1. The molecule has 3 atom stereocenters. The zero-order chi connectivity index (χ0) is 17.3. The van der Waals surface area contributed by atoms with Gasteiger partial charge in [0.15, 0.2) is 8.32 Å². The third-order valence-corrected chi connectivity index (χ3v) is 10.4. The first-order chi connectivity index (χ1) is 9.92. The van der Waals surface area contributed by atoms with Crippen LogP contribution in [0.4, 0.5) is 0 Å². The maximum Gasteiger partial charge on any atom is 0.323 e. The lowest BCUT2D eigenvalue weighted by molar-refractivity contribution is -0.162. The molecule has 0 aliphatic carbocycles. The first-order valence-electron chi connectivity index (χ1n) is 7.74. The minimum Gasteiger partial charge on any atom is -0.480 e. The number of carbonyl (C=O) groups excluding carboxylic acids is 1. The smallest absolute Gasteiger partial charge is 0.323 e. The maximum absolute atomic E-state index is 12.3. The summed E-state index contributed by atoms with van der Waals surface area (Å²) in [6.07, 6.45) is -0.178. The van der Waals surface area contributed by atoms with E-state index in [0.29, 0.717) is 0 Å². The topological polar surface area (TPSA) is 66.8 Å². The number of hydrogen-bond acceptors (Lipinski definition) is 4. The van der Waals surface area contributed by atoms with Crippen molar-refractivity contribution in [3.05, 3.63) is 0 Å². The van der Waals surface area contributed by atoms with E-state index < -0.39 is 14.3 Å². The van der Waals surface area contributed by atoms with E-state index in [1.54, 1.807) is 11.8 Å². The predicted octanol–water partition coefficient (Wildman–Crippen LogP) is 3.02. The zero-order valence-corrected chi connectivity index (χ0v) is 16.5. The van der Waals surface area contributed by atoms with Gasteiger partial charge in [0.25, 0.3) is 0 Å². The molecular weight excluding hydrogens is 318 g/mol. The fourth-order valence-corrected chi connectivity index (χ4v) is 5.05. The Kier molecular flexibility index (Phi) is 6.14. The predicted molar refractivity (Wildman–Crippen MR) is 92.5 cm³/mol. The summed E-state index contributed by atoms with van der Waals surface area (Å²) in [7, 11) is -1.95. The van der Waals surface area contributed by atoms with Crippen molar-refractivity contribution in [1.82, 2.24) is 4.90 Å². The second-order valence-corrected chi connectivity index (χ2v) is 13.5. The molecule has 22 heavy (non-hydrogen) atoms. The number of β-lactam (4-membered cyclic amide) rings is 1. The van der Waals surface area contributed by atoms with Gasteiger partial charge in [0.2, 0.25) is 5.91 Å². The summed E-state index contributed by atoms with van der Waals surface area (Å²) >= 11 is 1.62. The molecule has 5 nitrogen and oxygen atoms in total. The van der Waals surface area contributed by atoms with Gasteiger partial charge in [-0.2, -0.15) is 0 Å². The molecule has 1 saturated heterocycles. The van der Waals surface area contributed by atoms with Gasteiger partial charge in [0.05, 0.1) is 17.4 Å². The van der Waals surface area contributed by atoms with E-state index in [1.807, 2.05) is 13.8 Å². The lowest BCUT2D eigenvalue weighted by atomic mass is 9.93. The molecule has 1 amide bonds. The minimum absolute atomic E-state index is 0.0855. The van der Waals surface area contributed by atoms with Gasteiger partial charge in [-0.05, 0) is 30.8 Å². The third kappa shape index (κ3) is 4.05. The number of likely N-dealkylation sites (tertiary alicyclic amines) is 1. The van der Waals surface area contributed by atoms with Crippen LogP contribution >= 0.6 is 11.8 Å². The van der Waals surface area contributed by atoms with Crippen LogP contribution in [0.25, 0.3) is 0 Å².